The molecule has 0 spiro atoms. The number of nitrogens with two attached hydrogens (primary N) is 1. The van der Waals surface area contributed by atoms with Crippen molar-refractivity contribution in [3.8, 4) is 0 Å². The van der Waals surface area contributed by atoms with Gasteiger partial charge in [-0.1, -0.05) is 6.92 Å². The zero-order chi connectivity index (χ0) is 14.7. The molecule has 2 N–H and O–H groups in total. The summed E-state index contributed by atoms with van der Waals surface area (Å²) < 4.78 is 24.3. The van der Waals surface area contributed by atoms with E-state index < -0.39 is 11.8 Å². The molecule has 0 amide bonds. The molecule has 1 aliphatic heterocycles. The molecule has 0 saturated carbocycles. The molecule has 2 rings (SSSR count). The number of carbonyl (C=O) groups is 1. The summed E-state index contributed by atoms with van der Waals surface area (Å²) in [6.45, 7) is 3.74. The van der Waals surface area contributed by atoms with Crippen molar-refractivity contribution in [3.63, 3.8) is 0 Å². The van der Waals surface area contributed by atoms with Crippen LogP contribution in [0, 0.1) is 5.82 Å². The van der Waals surface area contributed by atoms with Gasteiger partial charge >= 0.3 is 5.97 Å². The number of esters is 1. The van der Waals surface area contributed by atoms with Crippen molar-refractivity contribution in [1.29, 1.82) is 0 Å². The zero-order valence-corrected chi connectivity index (χ0v) is 11.7. The van der Waals surface area contributed by atoms with Gasteiger partial charge in [0.05, 0.1) is 31.1 Å². The maximum Gasteiger partial charge on any atom is 0.340 e. The van der Waals surface area contributed by atoms with Gasteiger partial charge in [0.25, 0.3) is 0 Å². The highest BCUT2D eigenvalue weighted by Gasteiger charge is 2.23. The predicted molar refractivity (Wildman–Crippen MR) is 74.4 cm³/mol. The average Bonchev–Trinajstić information content (AvgIpc) is 2.46. The van der Waals surface area contributed by atoms with Crippen molar-refractivity contribution in [2.24, 2.45) is 0 Å². The first-order valence-corrected chi connectivity index (χ1v) is 6.60. The Morgan fingerprint density at radius 1 is 1.60 bits per heavy atom. The van der Waals surface area contributed by atoms with Gasteiger partial charge in [-0.3, -0.25) is 0 Å². The van der Waals surface area contributed by atoms with E-state index in [2.05, 4.69) is 4.74 Å². The minimum absolute atomic E-state index is 0.0716. The van der Waals surface area contributed by atoms with Crippen LogP contribution >= 0.6 is 0 Å². The number of hydrogen-bond donors (Lipinski definition) is 1. The van der Waals surface area contributed by atoms with Gasteiger partial charge in [-0.2, -0.15) is 0 Å². The second kappa shape index (κ2) is 6.09. The van der Waals surface area contributed by atoms with Crippen LogP contribution in [0.3, 0.4) is 0 Å². The second-order valence-corrected chi connectivity index (χ2v) is 4.73. The van der Waals surface area contributed by atoms with E-state index in [1.807, 2.05) is 11.8 Å². The summed E-state index contributed by atoms with van der Waals surface area (Å²) in [5.74, 6) is -1.00. The lowest BCUT2D eigenvalue weighted by atomic mass is 10.1. The number of nitrogens with zero attached hydrogens (tertiary/aromatic N) is 1. The summed E-state index contributed by atoms with van der Waals surface area (Å²) >= 11 is 0. The summed E-state index contributed by atoms with van der Waals surface area (Å²) in [7, 11) is 1.27. The van der Waals surface area contributed by atoms with Gasteiger partial charge in [-0.15, -0.1) is 0 Å². The molecule has 5 nitrogen and oxygen atoms in total. The van der Waals surface area contributed by atoms with Crippen LogP contribution in [0.4, 0.5) is 15.8 Å². The van der Waals surface area contributed by atoms with Gasteiger partial charge in [0.1, 0.15) is 5.82 Å². The average molecular weight is 282 g/mol. The Balaban J connectivity index is 2.33. The number of nitrogen functional groups attached to an aromatic ring is 1. The third-order valence-corrected chi connectivity index (χ3v) is 3.46. The number of carbonyl (C=O) groups excluding carboxylic acids is 1. The predicted octanol–water partition coefficient (Wildman–Crippen LogP) is 1.81. The maximum atomic E-state index is 14.1. The number of morpholine rings is 1. The molecule has 1 atom stereocenters. The quantitative estimate of drug-likeness (QED) is 0.676. The first-order valence-electron chi connectivity index (χ1n) is 6.60. The molecule has 1 aromatic rings. The molecule has 0 aliphatic carbocycles. The first kappa shape index (κ1) is 14.6. The lowest BCUT2D eigenvalue weighted by Crippen LogP contribution is -2.42. The van der Waals surface area contributed by atoms with Crippen molar-refractivity contribution >= 4 is 17.3 Å². The largest absolute Gasteiger partial charge is 0.465 e. The molecule has 0 radical (unpaired) electrons. The molecule has 1 aliphatic rings. The Morgan fingerprint density at radius 2 is 2.35 bits per heavy atom. The fourth-order valence-electron chi connectivity index (χ4n) is 2.29. The van der Waals surface area contributed by atoms with Crippen LogP contribution in [0.15, 0.2) is 12.1 Å². The summed E-state index contributed by atoms with van der Waals surface area (Å²) in [6.07, 6.45) is 0.930. The van der Waals surface area contributed by atoms with E-state index in [0.29, 0.717) is 25.4 Å². The molecular weight excluding hydrogens is 263 g/mol. The minimum atomic E-state index is -0.566. The van der Waals surface area contributed by atoms with Gasteiger partial charge in [0.15, 0.2) is 0 Å². The van der Waals surface area contributed by atoms with Gasteiger partial charge in [0.2, 0.25) is 0 Å². The molecule has 0 bridgehead atoms. The monoisotopic (exact) mass is 282 g/mol. The van der Waals surface area contributed by atoms with Crippen molar-refractivity contribution in [2.75, 3.05) is 37.4 Å². The standard InChI is InChI=1S/C14H19FN2O3/c1-3-9-8-17(4-5-20-9)13-6-10(14(18)19-2)12(16)7-11(13)15/h6-7,9H,3-5,8,16H2,1-2H3. The zero-order valence-electron chi connectivity index (χ0n) is 11.7. The molecule has 0 aromatic heterocycles. The van der Waals surface area contributed by atoms with Crippen molar-refractivity contribution in [2.45, 2.75) is 19.4 Å². The molecule has 1 heterocycles. The fraction of sp³-hybridized carbons (Fsp3) is 0.500. The number of rotatable bonds is 3. The molecule has 6 heteroatoms. The highest BCUT2D eigenvalue weighted by molar-refractivity contribution is 5.96. The van der Waals surface area contributed by atoms with Gasteiger partial charge in [-0.25, -0.2) is 9.18 Å². The molecular formula is C14H19FN2O3. The molecule has 20 heavy (non-hydrogen) atoms. The van der Waals surface area contributed by atoms with Crippen LogP contribution in [0.5, 0.6) is 0 Å². The van der Waals surface area contributed by atoms with Gasteiger partial charge in [-0.05, 0) is 18.6 Å². The Labute approximate surface area is 117 Å². The van der Waals surface area contributed by atoms with Gasteiger partial charge < -0.3 is 20.1 Å². The van der Waals surface area contributed by atoms with Crippen LogP contribution in [-0.2, 0) is 9.47 Å². The lowest BCUT2D eigenvalue weighted by molar-refractivity contribution is 0.0382. The van der Waals surface area contributed by atoms with E-state index in [-0.39, 0.29) is 17.4 Å². The summed E-state index contributed by atoms with van der Waals surface area (Å²) in [4.78, 5) is 13.5. The van der Waals surface area contributed by atoms with Crippen LogP contribution in [0.25, 0.3) is 0 Å². The Bertz CT molecular complexity index is 507. The fourth-order valence-corrected chi connectivity index (χ4v) is 2.29. The molecule has 1 saturated heterocycles. The smallest absolute Gasteiger partial charge is 0.340 e. The molecule has 1 fully saturated rings. The number of methoxy groups -OCH3 is 1. The normalized spacial score (nSPS) is 18.9. The molecule has 1 aromatic carbocycles. The number of halogens is 1. The minimum Gasteiger partial charge on any atom is -0.465 e. The van der Waals surface area contributed by atoms with Crippen LogP contribution in [0.1, 0.15) is 23.7 Å². The Hall–Kier alpha value is -1.82. The number of benzene rings is 1. The number of ether oxygens (including phenoxy) is 2. The second-order valence-electron chi connectivity index (χ2n) is 4.73. The highest BCUT2D eigenvalue weighted by atomic mass is 19.1. The maximum absolute atomic E-state index is 14.1. The third-order valence-electron chi connectivity index (χ3n) is 3.46. The molecule has 1 unspecified atom stereocenters. The highest BCUT2D eigenvalue weighted by Crippen LogP contribution is 2.27. The van der Waals surface area contributed by atoms with Crippen LogP contribution in [-0.4, -0.2) is 38.9 Å². The third kappa shape index (κ3) is 2.85. The first-order chi connectivity index (χ1) is 9.56. The Morgan fingerprint density at radius 3 is 3.00 bits per heavy atom. The SMILES string of the molecule is CCC1CN(c2cc(C(=O)OC)c(N)cc2F)CCO1. The van der Waals surface area contributed by atoms with Crippen molar-refractivity contribution in [3.05, 3.63) is 23.5 Å². The summed E-state index contributed by atoms with van der Waals surface area (Å²) in [5.41, 5.74) is 6.29. The van der Waals surface area contributed by atoms with Crippen LogP contribution in [0.2, 0.25) is 0 Å². The molecule has 110 valence electrons. The van der Waals surface area contributed by atoms with Crippen molar-refractivity contribution < 1.29 is 18.7 Å². The van der Waals surface area contributed by atoms with Crippen LogP contribution < -0.4 is 10.6 Å². The number of anilines is 2. The van der Waals surface area contributed by atoms with E-state index in [9.17, 15) is 9.18 Å². The van der Waals surface area contributed by atoms with E-state index in [1.54, 1.807) is 0 Å². The lowest BCUT2D eigenvalue weighted by Gasteiger charge is -2.34. The Kier molecular flexibility index (Phi) is 4.44. The van der Waals surface area contributed by atoms with E-state index in [1.165, 1.54) is 13.2 Å². The van der Waals surface area contributed by atoms with E-state index in [4.69, 9.17) is 10.5 Å². The summed E-state index contributed by atoms with van der Waals surface area (Å²) in [6, 6.07) is 2.62. The summed E-state index contributed by atoms with van der Waals surface area (Å²) in [5, 5.41) is 0. The van der Waals surface area contributed by atoms with E-state index >= 15 is 0 Å². The number of hydrogen-bond acceptors (Lipinski definition) is 5. The van der Waals surface area contributed by atoms with E-state index in [0.717, 1.165) is 12.5 Å². The van der Waals surface area contributed by atoms with Gasteiger partial charge in [0, 0.05) is 18.8 Å². The van der Waals surface area contributed by atoms with Crippen molar-refractivity contribution in [1.82, 2.24) is 0 Å². The topological polar surface area (TPSA) is 64.8 Å².